The quantitative estimate of drug-likeness (QED) is 0.315. The number of hydrogen-bond donors (Lipinski definition) is 1. The first-order valence-electron chi connectivity index (χ1n) is 12.4. The third-order valence-corrected chi connectivity index (χ3v) is 7.66. The second-order valence-corrected chi connectivity index (χ2v) is 9.91. The van der Waals surface area contributed by atoms with E-state index in [-0.39, 0.29) is 11.3 Å². The summed E-state index contributed by atoms with van der Waals surface area (Å²) in [6.45, 7) is 0.475. The maximum Gasteiger partial charge on any atom is 0.193 e. The van der Waals surface area contributed by atoms with Crippen LogP contribution in [0.5, 0.6) is 0 Å². The summed E-state index contributed by atoms with van der Waals surface area (Å²) >= 11 is 0. The maximum atomic E-state index is 8.42. The van der Waals surface area contributed by atoms with Crippen molar-refractivity contribution in [2.75, 3.05) is 6.61 Å². The normalized spacial score (nSPS) is 21.8. The summed E-state index contributed by atoms with van der Waals surface area (Å²) in [6.07, 6.45) is 11.9. The molecule has 2 aliphatic rings. The number of aromatic nitrogens is 2. The van der Waals surface area contributed by atoms with Gasteiger partial charge < -0.3 is 4.74 Å². The fourth-order valence-electron chi connectivity index (χ4n) is 6.03. The molecule has 0 spiro atoms. The van der Waals surface area contributed by atoms with Gasteiger partial charge in [0.2, 0.25) is 0 Å². The van der Waals surface area contributed by atoms with Crippen LogP contribution in [0.25, 0.3) is 6.08 Å². The van der Waals surface area contributed by atoms with Crippen molar-refractivity contribution in [3.05, 3.63) is 137 Å². The molecule has 178 valence electrons. The Morgan fingerprint density at radius 3 is 1.97 bits per heavy atom. The van der Waals surface area contributed by atoms with E-state index in [1.165, 1.54) is 27.8 Å². The Morgan fingerprint density at radius 2 is 1.33 bits per heavy atom. The van der Waals surface area contributed by atoms with E-state index in [9.17, 15) is 0 Å². The van der Waals surface area contributed by atoms with Crippen LogP contribution in [-0.4, -0.2) is 22.3 Å². The molecule has 3 heterocycles. The lowest BCUT2D eigenvalue weighted by Gasteiger charge is -2.50. The van der Waals surface area contributed by atoms with Crippen LogP contribution in [0.15, 0.2) is 114 Å². The molecule has 1 saturated heterocycles. The van der Waals surface area contributed by atoms with Gasteiger partial charge in [0.15, 0.2) is 5.72 Å². The molecule has 0 bridgehead atoms. The summed E-state index contributed by atoms with van der Waals surface area (Å²) in [5, 5.41) is 4.26. The van der Waals surface area contributed by atoms with E-state index in [0.29, 0.717) is 13.0 Å². The lowest BCUT2D eigenvalue weighted by Crippen LogP contribution is -2.52. The minimum atomic E-state index is -0.986. The topological polar surface area (TPSA) is 71.2 Å². The largest absolute Gasteiger partial charge is 0.350 e. The average Bonchev–Trinajstić information content (AvgIpc) is 3.34. The Hall–Kier alpha value is -3.96. The molecule has 5 heteroatoms. The number of nitrogens with one attached hydrogen (secondary N) is 1. The van der Waals surface area contributed by atoms with Gasteiger partial charge in [-0.1, -0.05) is 60.7 Å². The zero-order chi connectivity index (χ0) is 24.4. The highest BCUT2D eigenvalue weighted by molar-refractivity contribution is 5.70. The molecule has 6 rings (SSSR count). The highest BCUT2D eigenvalue weighted by Crippen LogP contribution is 2.58. The SMILES string of the molecule is N=NC1(Cc2ccccc2)OCC(Cc2ccncc2)(Cc2ccncc2)C2=Cc3ccccc3C21. The molecule has 4 aromatic rings. The third kappa shape index (κ3) is 3.95. The Balaban J connectivity index is 1.50. The molecule has 1 aliphatic carbocycles. The summed E-state index contributed by atoms with van der Waals surface area (Å²) in [5.41, 5.74) is 14.4. The fraction of sp³-hybridized carbons (Fsp3) is 0.226. The summed E-state index contributed by atoms with van der Waals surface area (Å²) in [5.74, 6) is -0.135. The van der Waals surface area contributed by atoms with Crippen LogP contribution >= 0.6 is 0 Å². The van der Waals surface area contributed by atoms with E-state index in [0.717, 1.165) is 18.4 Å². The van der Waals surface area contributed by atoms with Gasteiger partial charge in [0, 0.05) is 36.6 Å². The number of benzene rings is 2. The Labute approximate surface area is 211 Å². The van der Waals surface area contributed by atoms with Crippen LogP contribution in [0.1, 0.15) is 33.7 Å². The van der Waals surface area contributed by atoms with E-state index in [4.69, 9.17) is 10.3 Å². The highest BCUT2D eigenvalue weighted by Gasteiger charge is 2.56. The van der Waals surface area contributed by atoms with Gasteiger partial charge in [-0.25, -0.2) is 5.53 Å². The summed E-state index contributed by atoms with van der Waals surface area (Å²) < 4.78 is 6.82. The molecule has 2 aromatic heterocycles. The third-order valence-electron chi connectivity index (χ3n) is 7.66. The molecule has 0 saturated carbocycles. The van der Waals surface area contributed by atoms with Crippen molar-refractivity contribution in [2.45, 2.75) is 30.9 Å². The first kappa shape index (κ1) is 22.5. The van der Waals surface area contributed by atoms with Crippen LogP contribution < -0.4 is 0 Å². The highest BCUT2D eigenvalue weighted by atomic mass is 16.5. The standard InChI is InChI=1S/C31H28N4O/c32-35-31(21-23-6-2-1-3-7-23)29-27-9-5-4-8-26(27)18-28(29)30(22-36-31,19-24-10-14-33-15-11-24)20-25-12-16-34-17-13-25/h1-18,29,32H,19-22H2. The van der Waals surface area contributed by atoms with E-state index < -0.39 is 5.72 Å². The lowest BCUT2D eigenvalue weighted by atomic mass is 9.63. The minimum absolute atomic E-state index is 0.135. The smallest absolute Gasteiger partial charge is 0.193 e. The second kappa shape index (κ2) is 9.25. The zero-order valence-electron chi connectivity index (χ0n) is 20.0. The number of ether oxygens (including phenoxy) is 1. The van der Waals surface area contributed by atoms with Crippen molar-refractivity contribution in [1.82, 2.24) is 9.97 Å². The molecule has 2 aromatic carbocycles. The average molecular weight is 473 g/mol. The summed E-state index contributed by atoms with van der Waals surface area (Å²) in [7, 11) is 0. The van der Waals surface area contributed by atoms with Crippen molar-refractivity contribution in [2.24, 2.45) is 10.5 Å². The second-order valence-electron chi connectivity index (χ2n) is 9.91. The summed E-state index contributed by atoms with van der Waals surface area (Å²) in [4.78, 5) is 8.47. The van der Waals surface area contributed by atoms with Gasteiger partial charge >= 0.3 is 0 Å². The molecule has 36 heavy (non-hydrogen) atoms. The predicted molar refractivity (Wildman–Crippen MR) is 139 cm³/mol. The fourth-order valence-corrected chi connectivity index (χ4v) is 6.03. The van der Waals surface area contributed by atoms with Gasteiger partial charge in [0.1, 0.15) is 0 Å². The molecule has 1 N–H and O–H groups in total. The number of fused-ring (bicyclic) bond motifs is 3. The van der Waals surface area contributed by atoms with E-state index in [1.54, 1.807) is 0 Å². The van der Waals surface area contributed by atoms with Crippen LogP contribution in [0, 0.1) is 10.9 Å². The predicted octanol–water partition coefficient (Wildman–Crippen LogP) is 6.43. The minimum Gasteiger partial charge on any atom is -0.350 e. The van der Waals surface area contributed by atoms with Gasteiger partial charge in [-0.15, -0.1) is 0 Å². The van der Waals surface area contributed by atoms with Crippen molar-refractivity contribution in [3.63, 3.8) is 0 Å². The first-order valence-corrected chi connectivity index (χ1v) is 12.4. The molecule has 1 fully saturated rings. The first-order chi connectivity index (χ1) is 17.7. The van der Waals surface area contributed by atoms with Gasteiger partial charge in [-0.3, -0.25) is 9.97 Å². The van der Waals surface area contributed by atoms with Crippen LogP contribution in [0.3, 0.4) is 0 Å². The van der Waals surface area contributed by atoms with Gasteiger partial charge in [0.25, 0.3) is 0 Å². The molecule has 0 amide bonds. The lowest BCUT2D eigenvalue weighted by molar-refractivity contribution is -0.118. The zero-order valence-corrected chi connectivity index (χ0v) is 20.0. The summed E-state index contributed by atoms with van der Waals surface area (Å²) in [6, 6.07) is 27.1. The number of rotatable bonds is 7. The van der Waals surface area contributed by atoms with Gasteiger partial charge in [-0.05, 0) is 70.5 Å². The number of hydrogen-bond acceptors (Lipinski definition) is 5. The van der Waals surface area contributed by atoms with Crippen molar-refractivity contribution in [3.8, 4) is 0 Å². The monoisotopic (exact) mass is 472 g/mol. The van der Waals surface area contributed by atoms with E-state index >= 15 is 0 Å². The Kier molecular flexibility index (Phi) is 5.78. The molecule has 5 nitrogen and oxygen atoms in total. The molecule has 2 unspecified atom stereocenters. The van der Waals surface area contributed by atoms with Crippen molar-refractivity contribution < 1.29 is 4.74 Å². The van der Waals surface area contributed by atoms with Crippen LogP contribution in [-0.2, 0) is 24.0 Å². The number of nitrogens with zero attached hydrogens (tertiary/aromatic N) is 3. The molecular formula is C31H28N4O. The molecule has 0 radical (unpaired) electrons. The van der Waals surface area contributed by atoms with Crippen LogP contribution in [0.2, 0.25) is 0 Å². The van der Waals surface area contributed by atoms with E-state index in [2.05, 4.69) is 81.8 Å². The van der Waals surface area contributed by atoms with Crippen molar-refractivity contribution in [1.29, 1.82) is 5.53 Å². The van der Waals surface area contributed by atoms with Crippen LogP contribution in [0.4, 0.5) is 0 Å². The molecular weight excluding hydrogens is 444 g/mol. The van der Waals surface area contributed by atoms with E-state index in [1.807, 2.05) is 43.0 Å². The van der Waals surface area contributed by atoms with Gasteiger partial charge in [0.05, 0.1) is 12.5 Å². The Bertz CT molecular complexity index is 1350. The molecule has 2 atom stereocenters. The van der Waals surface area contributed by atoms with Gasteiger partial charge in [-0.2, -0.15) is 5.11 Å². The number of pyridine rings is 2. The molecule has 1 aliphatic heterocycles. The maximum absolute atomic E-state index is 8.42. The Morgan fingerprint density at radius 1 is 0.750 bits per heavy atom. The van der Waals surface area contributed by atoms with Crippen molar-refractivity contribution >= 4 is 6.08 Å².